The lowest BCUT2D eigenvalue weighted by molar-refractivity contribution is -0.142. The van der Waals surface area contributed by atoms with Gasteiger partial charge in [0.25, 0.3) is 0 Å². The summed E-state index contributed by atoms with van der Waals surface area (Å²) in [6.07, 6.45) is 0.236. The van der Waals surface area contributed by atoms with Crippen LogP contribution < -0.4 is 11.1 Å². The van der Waals surface area contributed by atoms with Crippen molar-refractivity contribution in [3.8, 4) is 11.1 Å². The first-order valence-corrected chi connectivity index (χ1v) is 12.2. The number of carbonyl (C=O) groups excluding carboxylic acids is 3. The Morgan fingerprint density at radius 1 is 0.972 bits per heavy atom. The molecule has 0 aromatic heterocycles. The highest BCUT2D eigenvalue weighted by Gasteiger charge is 2.54. The van der Waals surface area contributed by atoms with Gasteiger partial charge in [0.1, 0.15) is 18.2 Å². The summed E-state index contributed by atoms with van der Waals surface area (Å²) in [7, 11) is 0. The number of rotatable bonds is 7. The highest BCUT2D eigenvalue weighted by molar-refractivity contribution is 5.95. The van der Waals surface area contributed by atoms with Crippen LogP contribution >= 0.6 is 0 Å². The molecule has 1 aliphatic carbocycles. The Kier molecular flexibility index (Phi) is 6.22. The van der Waals surface area contributed by atoms with Crippen LogP contribution in [0.25, 0.3) is 11.1 Å². The van der Waals surface area contributed by atoms with E-state index in [1.807, 2.05) is 54.6 Å². The minimum atomic E-state index is -1.15. The van der Waals surface area contributed by atoms with Gasteiger partial charge in [-0.1, -0.05) is 78.9 Å². The monoisotopic (exact) mass is 483 g/mol. The largest absolute Gasteiger partial charge is 0.448 e. The molecule has 1 heterocycles. The van der Waals surface area contributed by atoms with Crippen LogP contribution in [0.1, 0.15) is 36.0 Å². The maximum Gasteiger partial charge on any atom is 0.410 e. The van der Waals surface area contributed by atoms with Crippen molar-refractivity contribution in [2.75, 3.05) is 13.2 Å². The van der Waals surface area contributed by atoms with Crippen LogP contribution in [0, 0.1) is 0 Å². The fraction of sp³-hybridized carbons (Fsp3) is 0.276. The van der Waals surface area contributed by atoms with Gasteiger partial charge in [0.05, 0.1) is 0 Å². The van der Waals surface area contributed by atoms with Gasteiger partial charge in [-0.05, 0) is 41.2 Å². The molecule has 3 N–H and O–H groups in total. The predicted molar refractivity (Wildman–Crippen MR) is 136 cm³/mol. The van der Waals surface area contributed by atoms with E-state index in [4.69, 9.17) is 10.5 Å². The van der Waals surface area contributed by atoms with Gasteiger partial charge in [0.2, 0.25) is 11.8 Å². The molecule has 0 bridgehead atoms. The molecule has 3 amide bonds. The third-order valence-corrected chi connectivity index (χ3v) is 7.36. The van der Waals surface area contributed by atoms with E-state index in [9.17, 15) is 14.4 Å². The van der Waals surface area contributed by atoms with E-state index in [-0.39, 0.29) is 12.5 Å². The van der Waals surface area contributed by atoms with Gasteiger partial charge in [0, 0.05) is 18.9 Å². The van der Waals surface area contributed by atoms with Gasteiger partial charge in [-0.25, -0.2) is 4.79 Å². The summed E-state index contributed by atoms with van der Waals surface area (Å²) in [5, 5.41) is 2.69. The summed E-state index contributed by atoms with van der Waals surface area (Å²) >= 11 is 0. The lowest BCUT2D eigenvalue weighted by Gasteiger charge is -2.50. The Morgan fingerprint density at radius 2 is 1.56 bits per heavy atom. The maximum atomic E-state index is 13.4. The van der Waals surface area contributed by atoms with Crippen LogP contribution in [0.15, 0.2) is 78.9 Å². The van der Waals surface area contributed by atoms with E-state index in [1.165, 1.54) is 11.8 Å². The molecule has 5 rings (SSSR count). The Hall–Kier alpha value is -4.13. The van der Waals surface area contributed by atoms with Gasteiger partial charge in [0.15, 0.2) is 0 Å². The van der Waals surface area contributed by atoms with Crippen molar-refractivity contribution in [3.05, 3.63) is 95.6 Å². The molecule has 1 fully saturated rings. The first-order chi connectivity index (χ1) is 17.4. The third-order valence-electron chi connectivity index (χ3n) is 7.36. The van der Waals surface area contributed by atoms with E-state index in [2.05, 4.69) is 29.6 Å². The minimum Gasteiger partial charge on any atom is -0.448 e. The van der Waals surface area contributed by atoms with E-state index < -0.39 is 29.5 Å². The molecule has 1 saturated heterocycles. The van der Waals surface area contributed by atoms with Gasteiger partial charge in [-0.2, -0.15) is 0 Å². The summed E-state index contributed by atoms with van der Waals surface area (Å²) in [6, 6.07) is 25.0. The van der Waals surface area contributed by atoms with Gasteiger partial charge in [-0.15, -0.1) is 0 Å². The van der Waals surface area contributed by atoms with Crippen molar-refractivity contribution in [2.24, 2.45) is 5.73 Å². The number of carbonyl (C=O) groups is 3. The number of fused-ring (bicyclic) bond motifs is 3. The molecule has 1 aliphatic heterocycles. The Morgan fingerprint density at radius 3 is 2.11 bits per heavy atom. The van der Waals surface area contributed by atoms with Gasteiger partial charge < -0.3 is 15.8 Å². The number of amides is 3. The summed E-state index contributed by atoms with van der Waals surface area (Å²) in [6.45, 7) is 2.10. The topological polar surface area (TPSA) is 102 Å². The van der Waals surface area contributed by atoms with Crippen LogP contribution in [-0.2, 0) is 20.7 Å². The van der Waals surface area contributed by atoms with Gasteiger partial charge >= 0.3 is 6.09 Å². The number of nitrogens with zero attached hydrogens (tertiary/aromatic N) is 1. The summed E-state index contributed by atoms with van der Waals surface area (Å²) in [5.74, 6) is -1.11. The molecule has 0 saturated carbocycles. The number of likely N-dealkylation sites (tertiary alicyclic amines) is 1. The molecule has 0 spiro atoms. The summed E-state index contributed by atoms with van der Waals surface area (Å²) < 4.78 is 5.85. The van der Waals surface area contributed by atoms with E-state index in [1.54, 1.807) is 0 Å². The van der Waals surface area contributed by atoms with Crippen molar-refractivity contribution in [2.45, 2.75) is 37.3 Å². The highest BCUT2D eigenvalue weighted by Crippen LogP contribution is 2.45. The number of hydrogen-bond donors (Lipinski definition) is 2. The first kappa shape index (κ1) is 23.6. The molecular formula is C29H29N3O4. The normalized spacial score (nSPS) is 19.0. The summed E-state index contributed by atoms with van der Waals surface area (Å²) in [4.78, 5) is 39.8. The fourth-order valence-electron chi connectivity index (χ4n) is 5.27. The molecule has 3 aromatic rings. The smallest absolute Gasteiger partial charge is 0.410 e. The second kappa shape index (κ2) is 9.49. The van der Waals surface area contributed by atoms with Crippen molar-refractivity contribution in [1.82, 2.24) is 10.2 Å². The number of nitrogens with one attached hydrogen (secondary N) is 1. The second-order valence-electron chi connectivity index (χ2n) is 9.50. The maximum absolute atomic E-state index is 13.4. The Labute approximate surface area is 210 Å². The van der Waals surface area contributed by atoms with Crippen LogP contribution in [0.3, 0.4) is 0 Å². The molecule has 184 valence electrons. The van der Waals surface area contributed by atoms with Crippen molar-refractivity contribution in [3.63, 3.8) is 0 Å². The minimum absolute atomic E-state index is 0.0742. The van der Waals surface area contributed by atoms with Crippen molar-refractivity contribution < 1.29 is 19.1 Å². The molecular weight excluding hydrogens is 454 g/mol. The molecule has 0 radical (unpaired) electrons. The Balaban J connectivity index is 1.36. The average molecular weight is 484 g/mol. The van der Waals surface area contributed by atoms with Crippen LogP contribution in [0.4, 0.5) is 4.79 Å². The number of primary amides is 1. The van der Waals surface area contributed by atoms with Gasteiger partial charge in [-0.3, -0.25) is 14.5 Å². The van der Waals surface area contributed by atoms with Crippen LogP contribution in [0.2, 0.25) is 0 Å². The van der Waals surface area contributed by atoms with E-state index in [0.717, 1.165) is 27.8 Å². The molecule has 0 unspecified atom stereocenters. The average Bonchev–Trinajstić information content (AvgIpc) is 3.19. The lowest BCUT2D eigenvalue weighted by Crippen LogP contribution is -2.71. The van der Waals surface area contributed by atoms with Crippen LogP contribution in [-0.4, -0.2) is 47.5 Å². The molecule has 36 heavy (non-hydrogen) atoms. The predicted octanol–water partition coefficient (Wildman–Crippen LogP) is 3.61. The number of benzene rings is 3. The second-order valence-corrected chi connectivity index (χ2v) is 9.50. The van der Waals surface area contributed by atoms with Crippen LogP contribution in [0.5, 0.6) is 0 Å². The highest BCUT2D eigenvalue weighted by atomic mass is 16.6. The van der Waals surface area contributed by atoms with Crippen molar-refractivity contribution >= 4 is 17.9 Å². The van der Waals surface area contributed by atoms with E-state index in [0.29, 0.717) is 19.4 Å². The Bertz CT molecular complexity index is 1260. The number of ether oxygens (including phenoxy) is 1. The zero-order valence-corrected chi connectivity index (χ0v) is 20.1. The fourth-order valence-corrected chi connectivity index (χ4v) is 5.27. The van der Waals surface area contributed by atoms with E-state index >= 15 is 0 Å². The molecule has 7 nitrogen and oxygen atoms in total. The standard InChI is InChI=1S/C29H29N3O4/c1-19(26(30)33)31-27(34)29(17-20-9-3-2-4-10-20)15-16-32(29)28(35)36-18-25-23-13-7-5-11-21(23)22-12-6-8-14-24(22)25/h2-14,19,25H,15-18H2,1H3,(H2,30,33)(H,31,34)/t19-,29+/m0/s1. The lowest BCUT2D eigenvalue weighted by atomic mass is 9.78. The van der Waals surface area contributed by atoms with Crippen molar-refractivity contribution in [1.29, 1.82) is 0 Å². The summed E-state index contributed by atoms with van der Waals surface area (Å²) in [5.41, 5.74) is 9.68. The zero-order valence-electron chi connectivity index (χ0n) is 20.1. The zero-order chi connectivity index (χ0) is 25.3. The quantitative estimate of drug-likeness (QED) is 0.536. The number of hydrogen-bond acceptors (Lipinski definition) is 4. The SMILES string of the molecule is C[C@H](NC(=O)[C@]1(Cc2ccccc2)CCN1C(=O)OCC1c2ccccc2-c2ccccc21)C(N)=O. The molecule has 3 aromatic carbocycles. The third kappa shape index (κ3) is 4.11. The first-order valence-electron chi connectivity index (χ1n) is 12.2. The molecule has 7 heteroatoms. The molecule has 2 aliphatic rings. The number of nitrogens with two attached hydrogens (primary N) is 1. The molecule has 2 atom stereocenters.